The number of carbonyl (C=O) groups excluding carboxylic acids is 2. The van der Waals surface area contributed by atoms with Gasteiger partial charge in [0.1, 0.15) is 34.6 Å². The zero-order chi connectivity index (χ0) is 50.3. The second-order valence-electron chi connectivity index (χ2n) is 18.1. The van der Waals surface area contributed by atoms with Crippen LogP contribution < -0.4 is 15.2 Å². The summed E-state index contributed by atoms with van der Waals surface area (Å²) in [6.07, 6.45) is 12.2. The molecular weight excluding hydrogens is 799 g/mol. The number of benzene rings is 3. The lowest BCUT2D eigenvalue weighted by atomic mass is 10.1. The van der Waals surface area contributed by atoms with Crippen LogP contribution in [-0.2, 0) is 16.0 Å². The van der Waals surface area contributed by atoms with Gasteiger partial charge >= 0.3 is 12.2 Å². The molecule has 2 atom stereocenters. The van der Waals surface area contributed by atoms with Crippen molar-refractivity contribution in [1.82, 2.24) is 9.80 Å². The monoisotopic (exact) mass is 884 g/mol. The summed E-state index contributed by atoms with van der Waals surface area (Å²) >= 11 is 0. The van der Waals surface area contributed by atoms with E-state index in [0.29, 0.717) is 62.1 Å². The predicted octanol–water partition coefficient (Wildman–Crippen LogP) is 11.0. The standard InChI is InChI=1S/C18H24N2O3.C14H21NO.C11H21NO3.C7H5NO.4H2/c1-18(2,3)23-17(21)20-10-5-8-15(9-11-20)22-16-7-4-6-14(12-16)13-19;15-11-12-6-5-9-14(10-12)16-13-7-3-1-2-4-8-13;1-11(2,3)15-10(14)12-7-4-5-9(13)6-8-12;8-5-6-2-1-3-7(9)4-6;;;;/h4,6-7,12,15H,5,8-11H2,1-3H3;5-6,9-10,13H,1-4,7-8,11,15H2;9,13H,4-8H2,1-3H3;1-4,9H;4*1H/i;;;;2*1+1D;2*1+1. The zero-order valence-corrected chi connectivity index (χ0v) is 38.4. The van der Waals surface area contributed by atoms with E-state index in [1.807, 2.05) is 77.9 Å². The van der Waals surface area contributed by atoms with E-state index in [4.69, 9.17) is 46.3 Å². The molecule has 63 heavy (non-hydrogen) atoms. The van der Waals surface area contributed by atoms with Crippen LogP contribution in [0.1, 0.15) is 144 Å². The van der Waals surface area contributed by atoms with Gasteiger partial charge in [0.25, 0.3) is 0 Å². The SMILES string of the molecule is CC(C)(C)OC(=O)N1CCCC(O)CC1.CC(C)(C)OC(=O)N1CCCC(Oc2cccc(C#N)c2)CC1.N#Cc1cccc(O)c1.NCc1cccc(OC2CCCCCC2)c1.[2HH].[2HH].[2H][2H].[2H][2H]. The Balaban J connectivity index is 0. The molecule has 0 aromatic heterocycles. The minimum atomic E-state index is -0.475. The molecule has 0 spiro atoms. The number of phenolic OH excluding ortho intramolecular Hbond substituents is 1. The third kappa shape index (κ3) is 21.9. The highest BCUT2D eigenvalue weighted by Gasteiger charge is 2.27. The average Bonchev–Trinajstić information content (AvgIpc) is 3.81. The lowest BCUT2D eigenvalue weighted by molar-refractivity contribution is 0.0240. The zero-order valence-electron chi connectivity index (χ0n) is 42.4. The van der Waals surface area contributed by atoms with Crippen LogP contribution in [-0.4, -0.2) is 87.9 Å². The molecule has 2 unspecified atom stereocenters. The van der Waals surface area contributed by atoms with Crippen molar-refractivity contribution < 1.29 is 47.5 Å². The number of amides is 2. The van der Waals surface area contributed by atoms with Crippen molar-refractivity contribution in [3.63, 3.8) is 0 Å². The molecule has 2 amide bonds. The minimum absolute atomic E-state index is 0. The summed E-state index contributed by atoms with van der Waals surface area (Å²) < 4.78 is 42.7. The largest absolute Gasteiger partial charge is 0.508 e. The summed E-state index contributed by atoms with van der Waals surface area (Å²) in [7, 11) is 0. The topological polar surface area (TPSA) is 192 Å². The number of hydrogen-bond donors (Lipinski definition) is 3. The van der Waals surface area contributed by atoms with Crippen molar-refractivity contribution in [2.24, 2.45) is 5.73 Å². The average molecular weight is 884 g/mol. The molecule has 0 bridgehead atoms. The van der Waals surface area contributed by atoms with Crippen LogP contribution in [0.25, 0.3) is 0 Å². The summed E-state index contributed by atoms with van der Waals surface area (Å²) in [4.78, 5) is 27.3. The van der Waals surface area contributed by atoms with E-state index in [1.54, 1.807) is 34.1 Å². The van der Waals surface area contributed by atoms with Crippen LogP contribution in [0.5, 0.6) is 17.2 Å². The molecule has 2 saturated heterocycles. The van der Waals surface area contributed by atoms with Crippen LogP contribution in [0.3, 0.4) is 0 Å². The maximum absolute atomic E-state index is 12.1. The van der Waals surface area contributed by atoms with E-state index in [1.165, 1.54) is 50.7 Å². The van der Waals surface area contributed by atoms with Crippen LogP contribution in [0.15, 0.2) is 72.8 Å². The minimum Gasteiger partial charge on any atom is -0.508 e. The number of likely N-dealkylation sites (tertiary alicyclic amines) is 2. The fourth-order valence-corrected chi connectivity index (χ4v) is 6.99. The van der Waals surface area contributed by atoms with Crippen LogP contribution in [0, 0.1) is 22.7 Å². The van der Waals surface area contributed by atoms with Gasteiger partial charge in [-0.3, -0.25) is 0 Å². The maximum atomic E-state index is 12.1. The van der Waals surface area contributed by atoms with Gasteiger partial charge in [-0.1, -0.05) is 37.1 Å². The van der Waals surface area contributed by atoms with Gasteiger partial charge in [0.2, 0.25) is 0 Å². The van der Waals surface area contributed by atoms with Crippen molar-refractivity contribution in [3.05, 3.63) is 89.5 Å². The molecule has 352 valence electrons. The molecule has 3 aromatic rings. The van der Waals surface area contributed by atoms with Gasteiger partial charge in [-0.2, -0.15) is 10.5 Å². The second kappa shape index (κ2) is 26.9. The van der Waals surface area contributed by atoms with E-state index < -0.39 is 11.2 Å². The Bertz CT molecular complexity index is 1930. The van der Waals surface area contributed by atoms with Gasteiger partial charge in [-0.25, -0.2) is 9.59 Å². The first-order valence-electron chi connectivity index (χ1n) is 24.4. The third-order valence-corrected chi connectivity index (χ3v) is 10.2. The Morgan fingerprint density at radius 1 is 0.667 bits per heavy atom. The molecule has 3 aliphatic rings. The van der Waals surface area contributed by atoms with Crippen molar-refractivity contribution in [2.45, 2.75) is 155 Å². The fraction of sp³-hybridized carbons (Fsp3) is 0.560. The highest BCUT2D eigenvalue weighted by molar-refractivity contribution is 5.68. The third-order valence-electron chi connectivity index (χ3n) is 10.2. The Kier molecular flexibility index (Phi) is 20.7. The van der Waals surface area contributed by atoms with E-state index in [9.17, 15) is 14.7 Å². The number of nitrogens with zero attached hydrogens (tertiary/aromatic N) is 4. The number of aromatic hydroxyl groups is 1. The number of rotatable bonds is 5. The van der Waals surface area contributed by atoms with Crippen molar-refractivity contribution in [2.75, 3.05) is 26.2 Å². The Labute approximate surface area is 384 Å². The smallest absolute Gasteiger partial charge is 0.410 e. The quantitative estimate of drug-likeness (QED) is 0.207. The van der Waals surface area contributed by atoms with E-state index >= 15 is 0 Å². The molecular formula is C50H79N5O8. The number of phenols is 1. The van der Waals surface area contributed by atoms with Gasteiger partial charge < -0.3 is 44.7 Å². The van der Waals surface area contributed by atoms with Crippen molar-refractivity contribution >= 4 is 12.2 Å². The first-order chi connectivity index (χ1) is 32.0. The molecule has 6 rings (SSSR count). The first-order valence-corrected chi connectivity index (χ1v) is 22.4. The number of carbonyl (C=O) groups is 2. The van der Waals surface area contributed by atoms with Crippen molar-refractivity contribution in [1.29, 1.82) is 10.5 Å². The number of hydrogen-bond acceptors (Lipinski definition) is 11. The molecule has 3 fully saturated rings. The molecule has 13 heteroatoms. The molecule has 1 aliphatic carbocycles. The Morgan fingerprint density at radius 3 is 1.67 bits per heavy atom. The lowest BCUT2D eigenvalue weighted by Gasteiger charge is -2.26. The van der Waals surface area contributed by atoms with Gasteiger partial charge in [0, 0.05) is 47.9 Å². The summed E-state index contributed by atoms with van der Waals surface area (Å²) in [5.74, 6) is 1.82. The Morgan fingerprint density at radius 2 is 1.14 bits per heavy atom. The maximum Gasteiger partial charge on any atom is 0.410 e. The van der Waals surface area contributed by atoms with E-state index in [-0.39, 0.29) is 33.0 Å². The summed E-state index contributed by atoms with van der Waals surface area (Å²) in [5.41, 5.74) is 6.92. The second-order valence-corrected chi connectivity index (χ2v) is 18.1. The van der Waals surface area contributed by atoms with E-state index in [0.717, 1.165) is 43.4 Å². The molecule has 2 heterocycles. The highest BCUT2D eigenvalue weighted by Crippen LogP contribution is 2.24. The number of aliphatic hydroxyl groups is 1. The molecule has 4 N–H and O–H groups in total. The van der Waals surface area contributed by atoms with E-state index in [2.05, 4.69) is 12.1 Å². The van der Waals surface area contributed by atoms with Crippen LogP contribution in [0.4, 0.5) is 9.59 Å². The van der Waals surface area contributed by atoms with Crippen LogP contribution >= 0.6 is 0 Å². The first kappa shape index (κ1) is 48.5. The Hall–Kier alpha value is -5.50. The molecule has 3 aromatic carbocycles. The molecule has 0 radical (unpaired) electrons. The number of nitrogens with two attached hydrogens (primary N) is 1. The fourth-order valence-electron chi connectivity index (χ4n) is 6.99. The normalized spacial score (nSPS) is 18.4. The number of aliphatic hydroxyl groups excluding tert-OH is 1. The summed E-state index contributed by atoms with van der Waals surface area (Å²) in [6, 6.07) is 25.6. The highest BCUT2D eigenvalue weighted by atomic mass is 16.6. The molecule has 2 aliphatic heterocycles. The predicted molar refractivity (Wildman–Crippen MR) is 253 cm³/mol. The van der Waals surface area contributed by atoms with Gasteiger partial charge in [0.05, 0.1) is 35.5 Å². The summed E-state index contributed by atoms with van der Waals surface area (Å²) in [6.45, 7) is 14.4. The lowest BCUT2D eigenvalue weighted by Crippen LogP contribution is -2.37. The summed E-state index contributed by atoms with van der Waals surface area (Å²) in [5, 5.41) is 35.5. The molecule has 1 saturated carbocycles. The molecule has 13 nitrogen and oxygen atoms in total. The van der Waals surface area contributed by atoms with Crippen LogP contribution in [0.2, 0.25) is 0 Å². The van der Waals surface area contributed by atoms with Gasteiger partial charge in [0.15, 0.2) is 0 Å². The van der Waals surface area contributed by atoms with Crippen molar-refractivity contribution in [3.8, 4) is 29.4 Å². The number of nitriles is 2. The van der Waals surface area contributed by atoms with Gasteiger partial charge in [-0.05, 0) is 153 Å². The van der Waals surface area contributed by atoms with Gasteiger partial charge in [-0.15, -0.1) is 0 Å². The number of ether oxygens (including phenoxy) is 4.